The SMILES string of the molecule is COC(=O)c1cc(NC(=O)Oc2ccccn2)cc(C(=O)OC)c1. The molecule has 2 aromatic rings. The highest BCUT2D eigenvalue weighted by molar-refractivity contribution is 5.98. The number of benzene rings is 1. The minimum Gasteiger partial charge on any atom is -0.465 e. The van der Waals surface area contributed by atoms with Gasteiger partial charge in [0, 0.05) is 18.0 Å². The minimum atomic E-state index is -0.827. The van der Waals surface area contributed by atoms with Crippen molar-refractivity contribution in [3.05, 3.63) is 53.7 Å². The van der Waals surface area contributed by atoms with E-state index in [9.17, 15) is 14.4 Å². The van der Waals surface area contributed by atoms with Crippen molar-refractivity contribution in [1.82, 2.24) is 4.98 Å². The number of carbonyl (C=O) groups excluding carboxylic acids is 3. The highest BCUT2D eigenvalue weighted by atomic mass is 16.6. The lowest BCUT2D eigenvalue weighted by Crippen LogP contribution is -2.18. The van der Waals surface area contributed by atoms with Crippen molar-refractivity contribution in [2.75, 3.05) is 19.5 Å². The van der Waals surface area contributed by atoms with Crippen molar-refractivity contribution in [2.45, 2.75) is 0 Å². The lowest BCUT2D eigenvalue weighted by molar-refractivity contribution is 0.0599. The Morgan fingerprint density at radius 1 is 0.958 bits per heavy atom. The van der Waals surface area contributed by atoms with Gasteiger partial charge in [0.15, 0.2) is 0 Å². The molecule has 0 aliphatic heterocycles. The Morgan fingerprint density at radius 3 is 2.08 bits per heavy atom. The molecule has 2 rings (SSSR count). The Bertz CT molecular complexity index is 726. The maximum absolute atomic E-state index is 11.9. The molecule has 0 spiro atoms. The zero-order chi connectivity index (χ0) is 17.5. The van der Waals surface area contributed by atoms with Gasteiger partial charge in [0.25, 0.3) is 0 Å². The molecule has 0 aliphatic rings. The molecule has 1 heterocycles. The van der Waals surface area contributed by atoms with E-state index in [1.807, 2.05) is 0 Å². The molecule has 0 saturated carbocycles. The van der Waals surface area contributed by atoms with Gasteiger partial charge < -0.3 is 14.2 Å². The van der Waals surface area contributed by atoms with Gasteiger partial charge in [0.05, 0.1) is 25.3 Å². The standard InChI is InChI=1S/C16H14N2O6/c1-22-14(19)10-7-11(15(20)23-2)9-12(8-10)18-16(21)24-13-5-3-4-6-17-13/h3-9H,1-2H3,(H,18,21). The van der Waals surface area contributed by atoms with E-state index >= 15 is 0 Å². The number of anilines is 1. The molecule has 0 radical (unpaired) electrons. The summed E-state index contributed by atoms with van der Waals surface area (Å²) >= 11 is 0. The first-order chi connectivity index (χ1) is 11.5. The van der Waals surface area contributed by atoms with E-state index in [1.165, 1.54) is 44.7 Å². The van der Waals surface area contributed by atoms with Gasteiger partial charge in [-0.2, -0.15) is 0 Å². The third-order valence-electron chi connectivity index (χ3n) is 2.86. The smallest absolute Gasteiger partial charge is 0.418 e. The fraction of sp³-hybridized carbons (Fsp3) is 0.125. The van der Waals surface area contributed by atoms with Gasteiger partial charge in [-0.3, -0.25) is 5.32 Å². The molecule has 24 heavy (non-hydrogen) atoms. The van der Waals surface area contributed by atoms with Crippen LogP contribution in [0, 0.1) is 0 Å². The summed E-state index contributed by atoms with van der Waals surface area (Å²) in [4.78, 5) is 39.1. The largest absolute Gasteiger partial charge is 0.465 e. The van der Waals surface area contributed by atoms with Crippen LogP contribution in [0.15, 0.2) is 42.6 Å². The molecule has 0 saturated heterocycles. The maximum Gasteiger partial charge on any atom is 0.418 e. The Morgan fingerprint density at radius 2 is 1.58 bits per heavy atom. The molecule has 8 heteroatoms. The van der Waals surface area contributed by atoms with Crippen LogP contribution in [0.2, 0.25) is 0 Å². The molecule has 0 aliphatic carbocycles. The van der Waals surface area contributed by atoms with Gasteiger partial charge in [-0.1, -0.05) is 6.07 Å². The summed E-state index contributed by atoms with van der Waals surface area (Å²) in [6.07, 6.45) is 0.641. The number of carbonyl (C=O) groups is 3. The first kappa shape index (κ1) is 16.9. The monoisotopic (exact) mass is 330 g/mol. The summed E-state index contributed by atoms with van der Waals surface area (Å²) in [6, 6.07) is 8.82. The number of pyridine rings is 1. The second-order valence-electron chi connectivity index (χ2n) is 4.46. The van der Waals surface area contributed by atoms with Gasteiger partial charge in [0.2, 0.25) is 5.88 Å². The van der Waals surface area contributed by atoms with E-state index in [1.54, 1.807) is 12.1 Å². The first-order valence-corrected chi connectivity index (χ1v) is 6.75. The predicted octanol–water partition coefficient (Wildman–Crippen LogP) is 2.27. The highest BCUT2D eigenvalue weighted by Crippen LogP contribution is 2.17. The van der Waals surface area contributed by atoms with Gasteiger partial charge in [0.1, 0.15) is 0 Å². The average Bonchev–Trinajstić information content (AvgIpc) is 2.60. The van der Waals surface area contributed by atoms with Crippen LogP contribution in [0.25, 0.3) is 0 Å². The van der Waals surface area contributed by atoms with Crippen molar-refractivity contribution < 1.29 is 28.6 Å². The molecule has 1 amide bonds. The molecule has 1 N–H and O–H groups in total. The summed E-state index contributed by atoms with van der Waals surface area (Å²) in [7, 11) is 2.41. The van der Waals surface area contributed by atoms with E-state index in [0.717, 1.165) is 0 Å². The average molecular weight is 330 g/mol. The number of aromatic nitrogens is 1. The molecule has 8 nitrogen and oxygen atoms in total. The number of nitrogens with zero attached hydrogens (tertiary/aromatic N) is 1. The van der Waals surface area contributed by atoms with Gasteiger partial charge in [-0.15, -0.1) is 0 Å². The summed E-state index contributed by atoms with van der Waals surface area (Å²) in [5.74, 6) is -1.23. The number of esters is 2. The number of methoxy groups -OCH3 is 2. The lowest BCUT2D eigenvalue weighted by Gasteiger charge is -2.09. The van der Waals surface area contributed by atoms with E-state index in [4.69, 9.17) is 4.74 Å². The fourth-order valence-corrected chi connectivity index (χ4v) is 1.82. The Kier molecular flexibility index (Phi) is 5.45. The van der Waals surface area contributed by atoms with Crippen LogP contribution in [-0.4, -0.2) is 37.2 Å². The zero-order valence-electron chi connectivity index (χ0n) is 12.9. The van der Waals surface area contributed by atoms with E-state index in [0.29, 0.717) is 0 Å². The highest BCUT2D eigenvalue weighted by Gasteiger charge is 2.15. The van der Waals surface area contributed by atoms with E-state index < -0.39 is 18.0 Å². The number of hydrogen-bond donors (Lipinski definition) is 1. The van der Waals surface area contributed by atoms with Crippen LogP contribution in [0.4, 0.5) is 10.5 Å². The Hall–Kier alpha value is -3.42. The number of hydrogen-bond acceptors (Lipinski definition) is 7. The molecular weight excluding hydrogens is 316 g/mol. The van der Waals surface area contributed by atoms with E-state index in [-0.39, 0.29) is 22.7 Å². The topological polar surface area (TPSA) is 104 Å². The maximum atomic E-state index is 11.9. The molecule has 0 atom stereocenters. The molecule has 0 fully saturated rings. The summed E-state index contributed by atoms with van der Waals surface area (Å²) in [5.41, 5.74) is 0.321. The normalized spacial score (nSPS) is 9.75. The van der Waals surface area contributed by atoms with Crippen molar-refractivity contribution in [3.63, 3.8) is 0 Å². The predicted molar refractivity (Wildman–Crippen MR) is 83.0 cm³/mol. The summed E-state index contributed by atoms with van der Waals surface area (Å²) < 4.78 is 14.2. The lowest BCUT2D eigenvalue weighted by atomic mass is 10.1. The van der Waals surface area contributed by atoms with E-state index in [2.05, 4.69) is 19.8 Å². The molecule has 0 unspecified atom stereocenters. The molecule has 1 aromatic heterocycles. The number of ether oxygens (including phenoxy) is 3. The van der Waals surface area contributed by atoms with Crippen LogP contribution in [0.5, 0.6) is 5.88 Å². The van der Waals surface area contributed by atoms with Gasteiger partial charge in [-0.25, -0.2) is 19.4 Å². The quantitative estimate of drug-likeness (QED) is 0.857. The van der Waals surface area contributed by atoms with Crippen molar-refractivity contribution in [2.24, 2.45) is 0 Å². The Labute approximate surface area is 137 Å². The number of amides is 1. The van der Waals surface area contributed by atoms with Gasteiger partial charge >= 0.3 is 18.0 Å². The van der Waals surface area contributed by atoms with Crippen LogP contribution >= 0.6 is 0 Å². The summed E-state index contributed by atoms with van der Waals surface area (Å²) in [6.45, 7) is 0. The zero-order valence-corrected chi connectivity index (χ0v) is 12.9. The van der Waals surface area contributed by atoms with Crippen LogP contribution in [0.1, 0.15) is 20.7 Å². The van der Waals surface area contributed by atoms with Crippen molar-refractivity contribution in [1.29, 1.82) is 0 Å². The fourth-order valence-electron chi connectivity index (χ4n) is 1.82. The molecule has 124 valence electrons. The second kappa shape index (κ2) is 7.73. The second-order valence-corrected chi connectivity index (χ2v) is 4.46. The van der Waals surface area contributed by atoms with Crippen LogP contribution < -0.4 is 10.1 Å². The molecule has 0 bridgehead atoms. The summed E-state index contributed by atoms with van der Waals surface area (Å²) in [5, 5.41) is 2.41. The number of rotatable bonds is 4. The molecular formula is C16H14N2O6. The number of nitrogens with one attached hydrogen (secondary N) is 1. The third-order valence-corrected chi connectivity index (χ3v) is 2.86. The van der Waals surface area contributed by atoms with Crippen LogP contribution in [-0.2, 0) is 9.47 Å². The Balaban J connectivity index is 2.23. The minimum absolute atomic E-state index is 0.0773. The van der Waals surface area contributed by atoms with Crippen molar-refractivity contribution in [3.8, 4) is 5.88 Å². The van der Waals surface area contributed by atoms with Crippen LogP contribution in [0.3, 0.4) is 0 Å². The molecule has 1 aromatic carbocycles. The van der Waals surface area contributed by atoms with Crippen molar-refractivity contribution >= 4 is 23.7 Å². The van der Waals surface area contributed by atoms with Gasteiger partial charge in [-0.05, 0) is 24.3 Å². The third kappa shape index (κ3) is 4.29. The first-order valence-electron chi connectivity index (χ1n) is 6.75.